The van der Waals surface area contributed by atoms with Gasteiger partial charge in [-0.05, 0) is 153 Å². The number of nitrogens with one attached hydrogen (secondary N) is 1. The van der Waals surface area contributed by atoms with Crippen molar-refractivity contribution in [2.45, 2.75) is 129 Å². The smallest absolute Gasteiger partial charge is 0.421 e. The standard InChI is InChI=1S/C46H66F3N3O5S/c1-31-33(32-11-18-44(19-12-32,40(53)54)22-28-57-39-37(46(47,48)49)8-6-23-50-39)13-16-41(2)34(31)14-17-43(4)38(41)10-9-35-36-7-5-15-45(36,21-20-42(35,43)3)51-24-25-52-26-29-58(55,56)30-27-52/h6,8,11,13,23,31,34-36,38,51H,5,7,9-10,12,14-22,24-30H2,1-4H3,(H,53,54)/t31?,34?,35?,36-,38?,41?,42-,43?,44?,45+/m1/s1. The second-order valence-electron chi connectivity index (χ2n) is 20.4. The van der Waals surface area contributed by atoms with Gasteiger partial charge < -0.3 is 20.1 Å². The number of fused-ring (bicyclic) bond motifs is 7. The predicted molar refractivity (Wildman–Crippen MR) is 219 cm³/mol. The summed E-state index contributed by atoms with van der Waals surface area (Å²) in [5.74, 6) is 2.14. The molecule has 0 aromatic carbocycles. The number of hydrogen-bond donors (Lipinski definition) is 2. The molecule has 1 saturated heterocycles. The zero-order valence-corrected chi connectivity index (χ0v) is 36.0. The number of carbonyl (C=O) groups is 1. The van der Waals surface area contributed by atoms with Crippen molar-refractivity contribution in [3.8, 4) is 5.88 Å². The molecular weight excluding hydrogens is 764 g/mol. The van der Waals surface area contributed by atoms with E-state index < -0.39 is 38.8 Å². The Morgan fingerprint density at radius 2 is 1.74 bits per heavy atom. The molecule has 0 bridgehead atoms. The summed E-state index contributed by atoms with van der Waals surface area (Å²) in [5, 5.41) is 14.5. The Morgan fingerprint density at radius 1 is 0.966 bits per heavy atom. The highest BCUT2D eigenvalue weighted by Gasteiger charge is 2.68. The Bertz CT molecular complexity index is 1910. The van der Waals surface area contributed by atoms with Gasteiger partial charge in [-0.2, -0.15) is 13.2 Å². The maximum atomic E-state index is 13.5. The summed E-state index contributed by atoms with van der Waals surface area (Å²) in [6.45, 7) is 13.4. The van der Waals surface area contributed by atoms with Crippen LogP contribution in [-0.2, 0) is 20.8 Å². The number of aliphatic carboxylic acids is 1. The monoisotopic (exact) mass is 829 g/mol. The van der Waals surface area contributed by atoms with E-state index in [9.17, 15) is 31.5 Å². The number of halogens is 3. The average Bonchev–Trinajstić information content (AvgIpc) is 3.60. The van der Waals surface area contributed by atoms with Gasteiger partial charge in [-0.15, -0.1) is 0 Å². The fourth-order valence-corrected chi connectivity index (χ4v) is 16.0. The Morgan fingerprint density at radius 3 is 2.45 bits per heavy atom. The molecule has 2 N–H and O–H groups in total. The number of nitrogens with zero attached hydrogens (tertiary/aromatic N) is 2. The van der Waals surface area contributed by atoms with Crippen LogP contribution in [0.4, 0.5) is 13.2 Å². The maximum Gasteiger partial charge on any atom is 0.421 e. The third kappa shape index (κ3) is 7.08. The molecule has 10 atom stereocenters. The second-order valence-corrected chi connectivity index (χ2v) is 22.7. The van der Waals surface area contributed by atoms with Crippen LogP contribution in [0.25, 0.3) is 0 Å². The van der Waals surface area contributed by atoms with Crippen molar-refractivity contribution < 1.29 is 36.2 Å². The highest BCUT2D eigenvalue weighted by Crippen LogP contribution is 2.75. The predicted octanol–water partition coefficient (Wildman–Crippen LogP) is 9.12. The highest BCUT2D eigenvalue weighted by atomic mass is 32.2. The summed E-state index contributed by atoms with van der Waals surface area (Å²) in [6, 6.07) is 2.15. The van der Waals surface area contributed by atoms with Crippen LogP contribution in [0.3, 0.4) is 0 Å². The molecule has 2 heterocycles. The van der Waals surface area contributed by atoms with E-state index in [1.165, 1.54) is 81.2 Å². The lowest BCUT2D eigenvalue weighted by Gasteiger charge is -2.71. The molecule has 0 spiro atoms. The zero-order valence-electron chi connectivity index (χ0n) is 35.1. The van der Waals surface area contributed by atoms with Gasteiger partial charge in [0.05, 0.1) is 23.5 Å². The fourth-order valence-electron chi connectivity index (χ4n) is 14.7. The topological polar surface area (TPSA) is 109 Å². The van der Waals surface area contributed by atoms with Crippen LogP contribution >= 0.6 is 0 Å². The van der Waals surface area contributed by atoms with Gasteiger partial charge in [-0.25, -0.2) is 13.4 Å². The molecule has 5 fully saturated rings. The third-order valence-electron chi connectivity index (χ3n) is 18.2. The molecule has 12 heteroatoms. The average molecular weight is 830 g/mol. The SMILES string of the molecule is CC1C(C2=CCC(CCOc3ncccc3C(F)(F)F)(C(=O)O)CC2)=CCC2(C)C1CCC1(C)C2CCC2[C@H]3CCC[C@]3(NCCN3CCS(=O)(=O)CC3)CC[C@]21C. The summed E-state index contributed by atoms with van der Waals surface area (Å²) in [7, 11) is -2.87. The van der Waals surface area contributed by atoms with Gasteiger partial charge in [-0.3, -0.25) is 4.79 Å². The number of sulfone groups is 1. The molecule has 7 aliphatic rings. The van der Waals surface area contributed by atoms with Crippen LogP contribution in [-0.4, -0.2) is 79.2 Å². The fraction of sp³-hybridized carbons (Fsp3) is 0.783. The largest absolute Gasteiger partial charge is 0.481 e. The molecule has 8 nitrogen and oxygen atoms in total. The minimum absolute atomic E-state index is 0.111. The second kappa shape index (κ2) is 15.2. The molecule has 58 heavy (non-hydrogen) atoms. The molecule has 0 radical (unpaired) electrons. The van der Waals surface area contributed by atoms with Crippen molar-refractivity contribution >= 4 is 15.8 Å². The molecule has 6 aliphatic carbocycles. The van der Waals surface area contributed by atoms with Gasteiger partial charge >= 0.3 is 12.1 Å². The minimum atomic E-state index is -4.60. The first-order chi connectivity index (χ1) is 27.4. The van der Waals surface area contributed by atoms with Crippen LogP contribution in [0.1, 0.15) is 123 Å². The van der Waals surface area contributed by atoms with E-state index in [0.29, 0.717) is 67.4 Å². The molecule has 1 aromatic heterocycles. The summed E-state index contributed by atoms with van der Waals surface area (Å²) >= 11 is 0. The summed E-state index contributed by atoms with van der Waals surface area (Å²) < 4.78 is 70.0. The quantitative estimate of drug-likeness (QED) is 0.241. The van der Waals surface area contributed by atoms with Crippen LogP contribution < -0.4 is 10.1 Å². The highest BCUT2D eigenvalue weighted by molar-refractivity contribution is 7.91. The molecule has 1 aliphatic heterocycles. The minimum Gasteiger partial charge on any atom is -0.481 e. The van der Waals surface area contributed by atoms with Gasteiger partial charge in [0.25, 0.3) is 0 Å². The number of rotatable bonds is 10. The van der Waals surface area contributed by atoms with Gasteiger partial charge in [0, 0.05) is 37.9 Å². The van der Waals surface area contributed by atoms with Crippen molar-refractivity contribution in [1.29, 1.82) is 0 Å². The molecule has 4 saturated carbocycles. The summed E-state index contributed by atoms with van der Waals surface area (Å²) in [6.07, 6.45) is 15.2. The van der Waals surface area contributed by atoms with E-state index in [4.69, 9.17) is 4.74 Å². The van der Waals surface area contributed by atoms with Crippen LogP contribution in [0, 0.1) is 51.2 Å². The Hall–Kier alpha value is -2.44. The van der Waals surface area contributed by atoms with Gasteiger partial charge in [0.15, 0.2) is 9.84 Å². The number of ether oxygens (including phenoxy) is 1. The van der Waals surface area contributed by atoms with Gasteiger partial charge in [-0.1, -0.05) is 46.3 Å². The van der Waals surface area contributed by atoms with Crippen molar-refractivity contribution in [2.24, 2.45) is 51.2 Å². The van der Waals surface area contributed by atoms with Crippen molar-refractivity contribution in [2.75, 3.05) is 44.3 Å². The van der Waals surface area contributed by atoms with E-state index in [-0.39, 0.29) is 40.9 Å². The number of aromatic nitrogens is 1. The molecule has 322 valence electrons. The first kappa shape index (κ1) is 42.3. The van der Waals surface area contributed by atoms with E-state index >= 15 is 0 Å². The lowest BCUT2D eigenvalue weighted by molar-refractivity contribution is -0.212. The summed E-state index contributed by atoms with van der Waals surface area (Å²) in [5.41, 5.74) is 1.57. The van der Waals surface area contributed by atoms with E-state index in [2.05, 4.69) is 55.0 Å². The molecule has 0 amide bonds. The number of pyridine rings is 1. The number of carboxylic acid groups (broad SMARTS) is 1. The lowest BCUT2D eigenvalue weighted by atomic mass is 9.34. The normalized spacial score (nSPS) is 41.3. The van der Waals surface area contributed by atoms with Crippen LogP contribution in [0.15, 0.2) is 41.6 Å². The maximum absolute atomic E-state index is 13.5. The number of alkyl halides is 3. The van der Waals surface area contributed by atoms with Gasteiger partial charge in [0.2, 0.25) is 5.88 Å². The van der Waals surface area contributed by atoms with Crippen molar-refractivity contribution in [1.82, 2.24) is 15.2 Å². The Balaban J connectivity index is 0.935. The van der Waals surface area contributed by atoms with E-state index in [1.54, 1.807) is 0 Å². The first-order valence-electron chi connectivity index (χ1n) is 22.3. The Labute approximate surface area is 344 Å². The zero-order chi connectivity index (χ0) is 41.4. The number of carboxylic acids is 1. The van der Waals surface area contributed by atoms with E-state index in [0.717, 1.165) is 25.6 Å². The summed E-state index contributed by atoms with van der Waals surface area (Å²) in [4.78, 5) is 18.8. The van der Waals surface area contributed by atoms with Crippen LogP contribution in [0.2, 0.25) is 0 Å². The molecule has 7 unspecified atom stereocenters. The first-order valence-corrected chi connectivity index (χ1v) is 24.1. The van der Waals surface area contributed by atoms with Crippen molar-refractivity contribution in [3.63, 3.8) is 0 Å². The number of hydrogen-bond acceptors (Lipinski definition) is 7. The van der Waals surface area contributed by atoms with Crippen LogP contribution in [0.5, 0.6) is 5.88 Å². The Kier molecular flexibility index (Phi) is 11.1. The molecule has 1 aromatic rings. The van der Waals surface area contributed by atoms with E-state index in [1.807, 2.05) is 0 Å². The van der Waals surface area contributed by atoms with Crippen molar-refractivity contribution in [3.05, 3.63) is 47.2 Å². The lowest BCUT2D eigenvalue weighted by Crippen LogP contribution is -2.67. The number of allylic oxidation sites excluding steroid dienone is 4. The third-order valence-corrected chi connectivity index (χ3v) is 19.8. The molecular formula is C46H66F3N3O5S. The molecule has 8 rings (SSSR count). The van der Waals surface area contributed by atoms with Gasteiger partial charge in [0.1, 0.15) is 5.56 Å².